The summed E-state index contributed by atoms with van der Waals surface area (Å²) in [5, 5.41) is 9.48. The molecule has 1 fully saturated rings. The zero-order valence-corrected chi connectivity index (χ0v) is 10.6. The van der Waals surface area contributed by atoms with E-state index in [-0.39, 0.29) is 24.7 Å². The summed E-state index contributed by atoms with van der Waals surface area (Å²) in [5.41, 5.74) is -3.12. The summed E-state index contributed by atoms with van der Waals surface area (Å²) in [4.78, 5) is 0. The molecule has 2 rings (SSSR count). The normalized spacial score (nSPS) is 24.1. The van der Waals surface area contributed by atoms with Crippen LogP contribution in [-0.2, 0) is 17.1 Å². The highest BCUT2D eigenvalue weighted by Gasteiger charge is 2.40. The van der Waals surface area contributed by atoms with Crippen molar-refractivity contribution in [2.75, 3.05) is 6.61 Å². The van der Waals surface area contributed by atoms with Crippen molar-refractivity contribution in [3.8, 4) is 0 Å². The average Bonchev–Trinajstić information content (AvgIpc) is 2.36. The molecule has 0 aromatic heterocycles. The molecule has 0 saturated carbocycles. The van der Waals surface area contributed by atoms with Crippen LogP contribution in [0.3, 0.4) is 0 Å². The van der Waals surface area contributed by atoms with E-state index < -0.39 is 35.7 Å². The van der Waals surface area contributed by atoms with Crippen molar-refractivity contribution in [2.24, 2.45) is 0 Å². The topological polar surface area (TPSA) is 29.5 Å². The minimum Gasteiger partial charge on any atom is -0.393 e. The van der Waals surface area contributed by atoms with E-state index in [1.54, 1.807) is 0 Å². The molecule has 2 nitrogen and oxygen atoms in total. The fourth-order valence-corrected chi connectivity index (χ4v) is 2.25. The molecule has 1 aliphatic rings. The van der Waals surface area contributed by atoms with Gasteiger partial charge in [0.05, 0.1) is 23.3 Å². The summed E-state index contributed by atoms with van der Waals surface area (Å²) >= 11 is 0. The minimum atomic E-state index is -4.93. The van der Waals surface area contributed by atoms with Crippen LogP contribution in [0.5, 0.6) is 0 Å². The van der Waals surface area contributed by atoms with Gasteiger partial charge in [-0.25, -0.2) is 0 Å². The predicted octanol–water partition coefficient (Wildman–Crippen LogP) is 3.94. The van der Waals surface area contributed by atoms with Crippen LogP contribution in [0.15, 0.2) is 18.2 Å². The summed E-state index contributed by atoms with van der Waals surface area (Å²) in [5.74, 6) is 0. The summed E-state index contributed by atoms with van der Waals surface area (Å²) in [6, 6.07) is 1.45. The van der Waals surface area contributed by atoms with Gasteiger partial charge in [-0.1, -0.05) is 6.07 Å². The summed E-state index contributed by atoms with van der Waals surface area (Å²) in [6.45, 7) is 0.0597. The van der Waals surface area contributed by atoms with Gasteiger partial charge in [-0.15, -0.1) is 0 Å². The molecule has 1 N–H and O–H groups in total. The van der Waals surface area contributed by atoms with Gasteiger partial charge in [0.25, 0.3) is 0 Å². The lowest BCUT2D eigenvalue weighted by molar-refractivity contribution is -0.145. The summed E-state index contributed by atoms with van der Waals surface area (Å²) < 4.78 is 81.8. The van der Waals surface area contributed by atoms with E-state index in [0.29, 0.717) is 12.5 Å². The lowest BCUT2D eigenvalue weighted by Gasteiger charge is -2.29. The number of aliphatic hydroxyl groups is 1. The smallest absolute Gasteiger partial charge is 0.393 e. The second-order valence-electron chi connectivity index (χ2n) is 4.84. The zero-order chi connectivity index (χ0) is 15.8. The predicted molar refractivity (Wildman–Crippen MR) is 60.4 cm³/mol. The van der Waals surface area contributed by atoms with Crippen LogP contribution in [0.1, 0.15) is 35.6 Å². The minimum absolute atomic E-state index is 0.0597. The molecule has 0 spiro atoms. The molecule has 1 aromatic rings. The van der Waals surface area contributed by atoms with Crippen molar-refractivity contribution in [3.05, 3.63) is 34.9 Å². The lowest BCUT2D eigenvalue weighted by Crippen LogP contribution is -2.25. The van der Waals surface area contributed by atoms with Crippen molar-refractivity contribution in [1.29, 1.82) is 0 Å². The second-order valence-corrected chi connectivity index (χ2v) is 4.84. The highest BCUT2D eigenvalue weighted by molar-refractivity contribution is 5.37. The van der Waals surface area contributed by atoms with Gasteiger partial charge in [-0.2, -0.15) is 26.3 Å². The molecule has 1 heterocycles. The van der Waals surface area contributed by atoms with Crippen LogP contribution in [0, 0.1) is 0 Å². The van der Waals surface area contributed by atoms with Crippen LogP contribution < -0.4 is 0 Å². The van der Waals surface area contributed by atoms with Crippen LogP contribution in [0.4, 0.5) is 26.3 Å². The number of ether oxygens (including phenoxy) is 1. The number of benzene rings is 1. The van der Waals surface area contributed by atoms with Crippen molar-refractivity contribution >= 4 is 0 Å². The van der Waals surface area contributed by atoms with Gasteiger partial charge in [0, 0.05) is 13.0 Å². The first-order valence-corrected chi connectivity index (χ1v) is 6.17. The molecule has 118 valence electrons. The van der Waals surface area contributed by atoms with Gasteiger partial charge in [-0.05, 0) is 24.1 Å². The monoisotopic (exact) mass is 314 g/mol. The van der Waals surface area contributed by atoms with E-state index in [0.717, 1.165) is 6.07 Å². The van der Waals surface area contributed by atoms with Crippen LogP contribution >= 0.6 is 0 Å². The Morgan fingerprint density at radius 2 is 1.71 bits per heavy atom. The number of hydrogen-bond acceptors (Lipinski definition) is 2. The first kappa shape index (κ1) is 16.1. The third-order valence-electron chi connectivity index (χ3n) is 3.29. The van der Waals surface area contributed by atoms with Gasteiger partial charge in [-0.3, -0.25) is 0 Å². The first-order valence-electron chi connectivity index (χ1n) is 6.17. The molecule has 0 bridgehead atoms. The average molecular weight is 314 g/mol. The molecule has 21 heavy (non-hydrogen) atoms. The van der Waals surface area contributed by atoms with Gasteiger partial charge in [0.2, 0.25) is 0 Å². The standard InChI is InChI=1S/C13H12F6O2/c14-12(15,16)7-1-2-9(10(5-7)13(17,18)19)11-6-8(20)3-4-21-11/h1-2,5,8,11,20H,3-4,6H2. The van der Waals surface area contributed by atoms with E-state index in [1.807, 2.05) is 0 Å². The fraction of sp³-hybridized carbons (Fsp3) is 0.538. The maximum absolute atomic E-state index is 13.0. The van der Waals surface area contributed by atoms with Gasteiger partial charge in [0.1, 0.15) is 0 Å². The molecule has 8 heteroatoms. The first-order chi connectivity index (χ1) is 9.59. The van der Waals surface area contributed by atoms with E-state index >= 15 is 0 Å². The Balaban J connectivity index is 2.45. The Morgan fingerprint density at radius 1 is 1.05 bits per heavy atom. The number of alkyl halides is 6. The van der Waals surface area contributed by atoms with E-state index in [1.165, 1.54) is 0 Å². The summed E-state index contributed by atoms with van der Waals surface area (Å²) in [6.07, 6.45) is -11.5. The van der Waals surface area contributed by atoms with Crippen molar-refractivity contribution < 1.29 is 36.2 Å². The third kappa shape index (κ3) is 3.68. The maximum Gasteiger partial charge on any atom is 0.416 e. The number of hydrogen-bond donors (Lipinski definition) is 1. The maximum atomic E-state index is 13.0. The number of aliphatic hydroxyl groups excluding tert-OH is 1. The molecule has 2 unspecified atom stereocenters. The number of rotatable bonds is 1. The Bertz CT molecular complexity index is 508. The summed E-state index contributed by atoms with van der Waals surface area (Å²) in [7, 11) is 0. The molecule has 1 saturated heterocycles. The van der Waals surface area contributed by atoms with Crippen LogP contribution in [0.2, 0.25) is 0 Å². The number of halogens is 6. The highest BCUT2D eigenvalue weighted by Crippen LogP contribution is 2.41. The SMILES string of the molecule is OC1CCOC(c2ccc(C(F)(F)F)cc2C(F)(F)F)C1. The van der Waals surface area contributed by atoms with Crippen molar-refractivity contribution in [2.45, 2.75) is 37.4 Å². The Labute approximate surface area is 116 Å². The second kappa shape index (κ2) is 5.49. The molecule has 1 aliphatic heterocycles. The molecule has 1 aromatic carbocycles. The molecule has 0 radical (unpaired) electrons. The Hall–Kier alpha value is -1.28. The van der Waals surface area contributed by atoms with Gasteiger partial charge >= 0.3 is 12.4 Å². The lowest BCUT2D eigenvalue weighted by atomic mass is 9.93. The fourth-order valence-electron chi connectivity index (χ4n) is 2.25. The quantitative estimate of drug-likeness (QED) is 0.796. The molecule has 2 atom stereocenters. The Kier molecular flexibility index (Phi) is 4.21. The molecule has 0 aliphatic carbocycles. The van der Waals surface area contributed by atoms with Crippen LogP contribution in [-0.4, -0.2) is 17.8 Å². The van der Waals surface area contributed by atoms with Gasteiger partial charge < -0.3 is 9.84 Å². The molecular weight excluding hydrogens is 302 g/mol. The Morgan fingerprint density at radius 3 is 2.24 bits per heavy atom. The third-order valence-corrected chi connectivity index (χ3v) is 3.29. The van der Waals surface area contributed by atoms with E-state index in [9.17, 15) is 31.4 Å². The van der Waals surface area contributed by atoms with Crippen LogP contribution in [0.25, 0.3) is 0 Å². The largest absolute Gasteiger partial charge is 0.416 e. The van der Waals surface area contributed by atoms with E-state index in [4.69, 9.17) is 4.74 Å². The van der Waals surface area contributed by atoms with Crippen molar-refractivity contribution in [1.82, 2.24) is 0 Å². The molecular formula is C13H12F6O2. The highest BCUT2D eigenvalue weighted by atomic mass is 19.4. The zero-order valence-electron chi connectivity index (χ0n) is 10.6. The van der Waals surface area contributed by atoms with Crippen molar-refractivity contribution in [3.63, 3.8) is 0 Å². The molecule has 0 amide bonds. The van der Waals surface area contributed by atoms with E-state index in [2.05, 4.69) is 0 Å². The van der Waals surface area contributed by atoms with Gasteiger partial charge in [0.15, 0.2) is 0 Å².